The van der Waals surface area contributed by atoms with Gasteiger partial charge in [0.25, 0.3) is 0 Å². The van der Waals surface area contributed by atoms with Crippen molar-refractivity contribution in [1.82, 2.24) is 0 Å². The van der Waals surface area contributed by atoms with Crippen molar-refractivity contribution >= 4 is 16.7 Å². The normalized spacial score (nSPS) is 24.1. The molecule has 2 atom stereocenters. The van der Waals surface area contributed by atoms with E-state index in [1.54, 1.807) is 61.5 Å². The molecule has 3 aromatic carbocycles. The molecule has 1 fully saturated rings. The van der Waals surface area contributed by atoms with Gasteiger partial charge >= 0.3 is 12.1 Å². The van der Waals surface area contributed by atoms with Gasteiger partial charge in [0.2, 0.25) is 0 Å². The highest BCUT2D eigenvalue weighted by Gasteiger charge is 2.85. The summed E-state index contributed by atoms with van der Waals surface area (Å²) in [4.78, 5) is 12.9. The van der Waals surface area contributed by atoms with Crippen LogP contribution in [0.5, 0.6) is 0 Å². The van der Waals surface area contributed by atoms with Crippen LogP contribution in [0.15, 0.2) is 72.8 Å². The molecule has 2 nitrogen and oxygen atoms in total. The Labute approximate surface area is 160 Å². The molecule has 0 radical (unpaired) electrons. The number of esters is 1. The van der Waals surface area contributed by atoms with Crippen LogP contribution in [0.4, 0.5) is 13.2 Å². The second kappa shape index (κ2) is 6.36. The Kier molecular flexibility index (Phi) is 4.21. The van der Waals surface area contributed by atoms with Crippen molar-refractivity contribution < 1.29 is 22.7 Å². The molecule has 0 aromatic heterocycles. The molecule has 0 saturated heterocycles. The minimum atomic E-state index is -4.61. The van der Waals surface area contributed by atoms with Gasteiger partial charge < -0.3 is 4.74 Å². The third-order valence-corrected chi connectivity index (χ3v) is 5.75. The molecule has 0 amide bonds. The lowest BCUT2D eigenvalue weighted by Crippen LogP contribution is -2.41. The molecule has 1 aliphatic carbocycles. The van der Waals surface area contributed by atoms with Gasteiger partial charge in [0.15, 0.2) is 0 Å². The number of halogens is 3. The van der Waals surface area contributed by atoms with Crippen LogP contribution in [0.1, 0.15) is 24.5 Å². The molecule has 1 saturated carbocycles. The third-order valence-electron chi connectivity index (χ3n) is 5.75. The Bertz CT molecular complexity index is 1030. The molecular formula is C23H19F3O2. The third kappa shape index (κ3) is 2.45. The highest BCUT2D eigenvalue weighted by atomic mass is 19.4. The summed E-state index contributed by atoms with van der Waals surface area (Å²) in [6, 6.07) is 20.1. The summed E-state index contributed by atoms with van der Waals surface area (Å²) in [6.07, 6.45) is -4.97. The van der Waals surface area contributed by atoms with Crippen molar-refractivity contribution in [2.24, 2.45) is 0 Å². The number of ether oxygens (including phenoxy) is 1. The van der Waals surface area contributed by atoms with E-state index in [1.165, 1.54) is 6.07 Å². The Morgan fingerprint density at radius 1 is 0.929 bits per heavy atom. The lowest BCUT2D eigenvalue weighted by Gasteiger charge is -2.28. The van der Waals surface area contributed by atoms with E-state index in [-0.39, 0.29) is 18.6 Å². The minimum Gasteiger partial charge on any atom is -0.465 e. The van der Waals surface area contributed by atoms with Crippen LogP contribution in [0.3, 0.4) is 0 Å². The number of hydrogen-bond acceptors (Lipinski definition) is 2. The zero-order valence-electron chi connectivity index (χ0n) is 15.3. The average Bonchev–Trinajstić information content (AvgIpc) is 3.42. The van der Waals surface area contributed by atoms with Crippen LogP contribution in [0, 0.1) is 0 Å². The zero-order valence-corrected chi connectivity index (χ0v) is 15.3. The largest absolute Gasteiger partial charge is 0.465 e. The van der Waals surface area contributed by atoms with Crippen LogP contribution >= 0.6 is 0 Å². The summed E-state index contributed by atoms with van der Waals surface area (Å²) in [7, 11) is 0. The highest BCUT2D eigenvalue weighted by molar-refractivity contribution is 5.93. The standard InChI is InChI=1S/C23H19F3O2/c1-2-28-20(27)21(18-10-4-3-5-11-18)15-22(21,23(24,25)26)19-13-12-16-8-6-7-9-17(16)14-19/h3-14H,2,15H2,1H3/t21-,22-/m1/s1. The highest BCUT2D eigenvalue weighted by Crippen LogP contribution is 2.72. The van der Waals surface area contributed by atoms with Crippen LogP contribution < -0.4 is 0 Å². The van der Waals surface area contributed by atoms with Gasteiger partial charge in [0, 0.05) is 0 Å². The maximum atomic E-state index is 14.6. The fraction of sp³-hybridized carbons (Fsp3) is 0.261. The predicted molar refractivity (Wildman–Crippen MR) is 101 cm³/mol. The maximum Gasteiger partial charge on any atom is 0.399 e. The van der Waals surface area contributed by atoms with Crippen molar-refractivity contribution in [1.29, 1.82) is 0 Å². The second-order valence-corrected chi connectivity index (χ2v) is 7.13. The van der Waals surface area contributed by atoms with E-state index >= 15 is 0 Å². The van der Waals surface area contributed by atoms with Crippen molar-refractivity contribution in [2.45, 2.75) is 30.4 Å². The molecule has 0 heterocycles. The molecule has 4 rings (SSSR count). The van der Waals surface area contributed by atoms with Crippen LogP contribution in [0.25, 0.3) is 10.8 Å². The summed E-state index contributed by atoms with van der Waals surface area (Å²) in [5.74, 6) is -0.827. The summed E-state index contributed by atoms with van der Waals surface area (Å²) >= 11 is 0. The van der Waals surface area contributed by atoms with Crippen molar-refractivity contribution in [2.75, 3.05) is 6.61 Å². The van der Waals surface area contributed by atoms with Gasteiger partial charge in [-0.1, -0.05) is 72.8 Å². The molecule has 28 heavy (non-hydrogen) atoms. The first-order chi connectivity index (χ1) is 13.4. The Morgan fingerprint density at radius 2 is 1.57 bits per heavy atom. The fourth-order valence-electron chi connectivity index (χ4n) is 4.35. The van der Waals surface area contributed by atoms with Crippen molar-refractivity contribution in [3.8, 4) is 0 Å². The molecule has 144 valence electrons. The van der Waals surface area contributed by atoms with Crippen LogP contribution in [-0.4, -0.2) is 18.8 Å². The summed E-state index contributed by atoms with van der Waals surface area (Å²) < 4.78 is 48.8. The number of rotatable bonds is 4. The SMILES string of the molecule is CCOC(=O)[C@]1(c2ccccc2)C[C@]1(c1ccc2ccccc2c1)C(F)(F)F. The smallest absolute Gasteiger partial charge is 0.399 e. The van der Waals surface area contributed by atoms with E-state index in [0.29, 0.717) is 10.9 Å². The first-order valence-corrected chi connectivity index (χ1v) is 9.15. The molecule has 0 N–H and O–H groups in total. The van der Waals surface area contributed by atoms with Crippen LogP contribution in [-0.2, 0) is 20.4 Å². The van der Waals surface area contributed by atoms with Crippen LogP contribution in [0.2, 0.25) is 0 Å². The fourth-order valence-corrected chi connectivity index (χ4v) is 4.35. The van der Waals surface area contributed by atoms with Crippen molar-refractivity contribution in [3.05, 3.63) is 83.9 Å². The first-order valence-electron chi connectivity index (χ1n) is 9.15. The first kappa shape index (κ1) is 18.5. The molecule has 1 aliphatic rings. The number of carbonyl (C=O) groups excluding carboxylic acids is 1. The van der Waals surface area contributed by atoms with Gasteiger partial charge in [-0.3, -0.25) is 4.79 Å². The monoisotopic (exact) mass is 384 g/mol. The lowest BCUT2D eigenvalue weighted by atomic mass is 9.80. The minimum absolute atomic E-state index is 0.0269. The summed E-state index contributed by atoms with van der Waals surface area (Å²) in [5, 5.41) is 1.56. The Hall–Kier alpha value is -2.82. The molecule has 3 aromatic rings. The molecule has 5 heteroatoms. The van der Waals surface area contributed by atoms with E-state index in [0.717, 1.165) is 5.39 Å². The molecule has 0 aliphatic heterocycles. The van der Waals surface area contributed by atoms with E-state index in [9.17, 15) is 18.0 Å². The lowest BCUT2D eigenvalue weighted by molar-refractivity contribution is -0.175. The van der Waals surface area contributed by atoms with E-state index in [2.05, 4.69) is 0 Å². The summed E-state index contributed by atoms with van der Waals surface area (Å²) in [6.45, 7) is 1.63. The van der Waals surface area contributed by atoms with E-state index in [1.807, 2.05) is 12.1 Å². The van der Waals surface area contributed by atoms with Gasteiger partial charge in [-0.2, -0.15) is 13.2 Å². The Morgan fingerprint density at radius 3 is 2.21 bits per heavy atom. The summed E-state index contributed by atoms with van der Waals surface area (Å²) in [5.41, 5.74) is -3.66. The number of fused-ring (bicyclic) bond motifs is 1. The van der Waals surface area contributed by atoms with Crippen molar-refractivity contribution in [3.63, 3.8) is 0 Å². The number of carbonyl (C=O) groups is 1. The molecule has 0 spiro atoms. The van der Waals surface area contributed by atoms with Gasteiger partial charge in [-0.25, -0.2) is 0 Å². The topological polar surface area (TPSA) is 26.3 Å². The molecule has 0 unspecified atom stereocenters. The number of alkyl halides is 3. The van der Waals surface area contributed by atoms with E-state index < -0.39 is 23.0 Å². The zero-order chi connectivity index (χ0) is 20.0. The average molecular weight is 384 g/mol. The maximum absolute atomic E-state index is 14.6. The number of hydrogen-bond donors (Lipinski definition) is 0. The van der Waals surface area contributed by atoms with Gasteiger partial charge in [0.1, 0.15) is 10.8 Å². The van der Waals surface area contributed by atoms with Gasteiger partial charge in [0.05, 0.1) is 6.61 Å². The van der Waals surface area contributed by atoms with E-state index in [4.69, 9.17) is 4.74 Å². The molecular weight excluding hydrogens is 365 g/mol. The number of benzene rings is 3. The quantitative estimate of drug-likeness (QED) is 0.552. The Balaban J connectivity index is 1.96. The van der Waals surface area contributed by atoms with Gasteiger partial charge in [-0.05, 0) is 35.2 Å². The second-order valence-electron chi connectivity index (χ2n) is 7.13. The molecule has 0 bridgehead atoms. The van der Waals surface area contributed by atoms with Gasteiger partial charge in [-0.15, -0.1) is 0 Å². The predicted octanol–water partition coefficient (Wildman–Crippen LogP) is 5.54.